The number of aromatic amines is 1. The molecule has 1 amide bonds. The van der Waals surface area contributed by atoms with Crippen LogP contribution in [0.3, 0.4) is 0 Å². The van der Waals surface area contributed by atoms with E-state index in [9.17, 15) is 14.7 Å². The van der Waals surface area contributed by atoms with Gasteiger partial charge in [0.05, 0.1) is 0 Å². The molecule has 0 bridgehead atoms. The predicted octanol–water partition coefficient (Wildman–Crippen LogP) is 1.88. The van der Waals surface area contributed by atoms with Crippen molar-refractivity contribution in [2.45, 2.75) is 31.8 Å². The maximum Gasteiger partial charge on any atom is 0.339 e. The Balaban J connectivity index is 1.63. The lowest BCUT2D eigenvalue weighted by atomic mass is 9.96. The minimum absolute atomic E-state index is 0.0808. The number of nitrogens with one attached hydrogen (secondary N) is 2. The van der Waals surface area contributed by atoms with Crippen molar-refractivity contribution in [1.82, 2.24) is 14.9 Å². The molecule has 24 heavy (non-hydrogen) atoms. The molecule has 4 rings (SSSR count). The average Bonchev–Trinajstić information content (AvgIpc) is 3.22. The first-order valence-electron chi connectivity index (χ1n) is 8.06. The van der Waals surface area contributed by atoms with E-state index in [1.807, 2.05) is 0 Å². The molecule has 2 aliphatic rings. The Kier molecular flexibility index (Phi) is 3.48. The molecule has 1 fully saturated rings. The summed E-state index contributed by atoms with van der Waals surface area (Å²) in [5.41, 5.74) is 2.39. The van der Waals surface area contributed by atoms with Gasteiger partial charge in [0.2, 0.25) is 0 Å². The minimum atomic E-state index is -0.966. The Morgan fingerprint density at radius 3 is 2.88 bits per heavy atom. The molecule has 3 heterocycles. The topological polar surface area (TPSA) is 98.3 Å². The van der Waals surface area contributed by atoms with Crippen LogP contribution in [-0.2, 0) is 13.0 Å². The number of H-pyrrole nitrogens is 1. The number of hydrogen-bond donors (Lipinski definition) is 3. The van der Waals surface area contributed by atoms with Crippen LogP contribution in [0.1, 0.15) is 44.8 Å². The number of carboxylic acids is 1. The van der Waals surface area contributed by atoms with Crippen molar-refractivity contribution in [3.8, 4) is 0 Å². The van der Waals surface area contributed by atoms with Gasteiger partial charge in [0.1, 0.15) is 17.1 Å². The van der Waals surface area contributed by atoms with Crippen LogP contribution in [0.4, 0.5) is 5.82 Å². The number of aromatic nitrogens is 2. The number of amides is 1. The van der Waals surface area contributed by atoms with Gasteiger partial charge in [-0.25, -0.2) is 9.78 Å². The molecule has 124 valence electrons. The molecule has 1 aliphatic carbocycles. The molecule has 0 spiro atoms. The van der Waals surface area contributed by atoms with E-state index < -0.39 is 5.97 Å². The number of pyridine rings is 1. The van der Waals surface area contributed by atoms with Gasteiger partial charge in [0.25, 0.3) is 5.91 Å². The first kappa shape index (κ1) is 14.7. The summed E-state index contributed by atoms with van der Waals surface area (Å²) in [6.07, 6.45) is 6.03. The SMILES string of the molecule is O=C(O)c1c(NC2CC2)ncc2c1CCN(C(=O)c1ccc[nH]1)C2. The fourth-order valence-corrected chi connectivity index (χ4v) is 3.11. The van der Waals surface area contributed by atoms with Crippen LogP contribution in [0.5, 0.6) is 0 Å². The van der Waals surface area contributed by atoms with E-state index in [0.717, 1.165) is 24.0 Å². The number of carbonyl (C=O) groups is 2. The van der Waals surface area contributed by atoms with Gasteiger partial charge in [-0.3, -0.25) is 4.79 Å². The molecule has 0 radical (unpaired) electrons. The van der Waals surface area contributed by atoms with Crippen molar-refractivity contribution in [2.24, 2.45) is 0 Å². The standard InChI is InChI=1S/C17H18N4O3/c22-16(13-2-1-6-18-13)21-7-5-12-10(9-21)8-19-15(14(12)17(23)24)20-11-3-4-11/h1-2,6,8,11,18H,3-5,7,9H2,(H,19,20)(H,23,24). The molecule has 2 aromatic heterocycles. The van der Waals surface area contributed by atoms with Crippen molar-refractivity contribution < 1.29 is 14.7 Å². The maximum absolute atomic E-state index is 12.5. The van der Waals surface area contributed by atoms with E-state index in [-0.39, 0.29) is 11.5 Å². The predicted molar refractivity (Wildman–Crippen MR) is 87.1 cm³/mol. The van der Waals surface area contributed by atoms with Crippen LogP contribution in [0, 0.1) is 0 Å². The van der Waals surface area contributed by atoms with E-state index in [1.165, 1.54) is 0 Å². The smallest absolute Gasteiger partial charge is 0.339 e. The summed E-state index contributed by atoms with van der Waals surface area (Å²) in [6.45, 7) is 0.877. The number of nitrogens with zero attached hydrogens (tertiary/aromatic N) is 2. The van der Waals surface area contributed by atoms with Gasteiger partial charge in [-0.2, -0.15) is 0 Å². The highest BCUT2D eigenvalue weighted by molar-refractivity contribution is 5.96. The summed E-state index contributed by atoms with van der Waals surface area (Å²) in [7, 11) is 0. The third kappa shape index (κ3) is 2.62. The van der Waals surface area contributed by atoms with E-state index in [1.54, 1.807) is 29.4 Å². The second-order valence-electron chi connectivity index (χ2n) is 6.27. The average molecular weight is 326 g/mol. The van der Waals surface area contributed by atoms with Crippen molar-refractivity contribution >= 4 is 17.7 Å². The molecule has 2 aromatic rings. The van der Waals surface area contributed by atoms with Crippen molar-refractivity contribution in [2.75, 3.05) is 11.9 Å². The van der Waals surface area contributed by atoms with E-state index in [4.69, 9.17) is 0 Å². The number of hydrogen-bond acceptors (Lipinski definition) is 4. The summed E-state index contributed by atoms with van der Waals surface area (Å²) in [4.78, 5) is 33.1. The zero-order valence-electron chi connectivity index (χ0n) is 13.1. The molecule has 0 atom stereocenters. The quantitative estimate of drug-likeness (QED) is 0.797. The van der Waals surface area contributed by atoms with Crippen molar-refractivity contribution in [3.05, 3.63) is 46.9 Å². The van der Waals surface area contributed by atoms with Crippen LogP contribution in [0.15, 0.2) is 24.5 Å². The second-order valence-corrected chi connectivity index (χ2v) is 6.27. The number of carbonyl (C=O) groups excluding carboxylic acids is 1. The maximum atomic E-state index is 12.5. The van der Waals surface area contributed by atoms with Crippen LogP contribution in [0.2, 0.25) is 0 Å². The van der Waals surface area contributed by atoms with E-state index >= 15 is 0 Å². The normalized spacial score (nSPS) is 16.6. The summed E-state index contributed by atoms with van der Waals surface area (Å²) in [5, 5.41) is 12.8. The highest BCUT2D eigenvalue weighted by Crippen LogP contribution is 2.31. The number of aromatic carboxylic acids is 1. The van der Waals surface area contributed by atoms with Gasteiger partial charge < -0.3 is 20.3 Å². The fourth-order valence-electron chi connectivity index (χ4n) is 3.11. The van der Waals surface area contributed by atoms with Crippen LogP contribution in [0.25, 0.3) is 0 Å². The molecule has 0 saturated heterocycles. The zero-order valence-corrected chi connectivity index (χ0v) is 13.1. The molecule has 3 N–H and O–H groups in total. The lowest BCUT2D eigenvalue weighted by Crippen LogP contribution is -2.37. The van der Waals surface area contributed by atoms with Crippen LogP contribution in [-0.4, -0.2) is 44.4 Å². The molecule has 0 unspecified atom stereocenters. The van der Waals surface area contributed by atoms with Gasteiger partial charge in [-0.15, -0.1) is 0 Å². The summed E-state index contributed by atoms with van der Waals surface area (Å²) < 4.78 is 0. The van der Waals surface area contributed by atoms with E-state index in [2.05, 4.69) is 15.3 Å². The summed E-state index contributed by atoms with van der Waals surface area (Å²) >= 11 is 0. The monoisotopic (exact) mass is 326 g/mol. The van der Waals surface area contributed by atoms with E-state index in [0.29, 0.717) is 37.1 Å². The summed E-state index contributed by atoms with van der Waals surface area (Å²) in [5.74, 6) is -0.595. The molecule has 7 nitrogen and oxygen atoms in total. The van der Waals surface area contributed by atoms with Gasteiger partial charge in [-0.1, -0.05) is 0 Å². The third-order valence-electron chi connectivity index (χ3n) is 4.52. The second kappa shape index (κ2) is 5.67. The van der Waals surface area contributed by atoms with Gasteiger partial charge in [-0.05, 0) is 42.5 Å². The lowest BCUT2D eigenvalue weighted by Gasteiger charge is -2.29. The first-order chi connectivity index (χ1) is 11.6. The Bertz CT molecular complexity index is 796. The van der Waals surface area contributed by atoms with Gasteiger partial charge in [0, 0.05) is 31.5 Å². The highest BCUT2D eigenvalue weighted by atomic mass is 16.4. The van der Waals surface area contributed by atoms with Crippen LogP contribution < -0.4 is 5.32 Å². The van der Waals surface area contributed by atoms with Crippen molar-refractivity contribution in [1.29, 1.82) is 0 Å². The Morgan fingerprint density at radius 2 is 2.21 bits per heavy atom. The fraction of sp³-hybridized carbons (Fsp3) is 0.353. The highest BCUT2D eigenvalue weighted by Gasteiger charge is 2.30. The number of anilines is 1. The zero-order chi connectivity index (χ0) is 16.7. The Morgan fingerprint density at radius 1 is 1.38 bits per heavy atom. The number of carboxylic acid groups (broad SMARTS) is 1. The number of rotatable bonds is 4. The Labute approximate surface area is 138 Å². The van der Waals surface area contributed by atoms with Crippen molar-refractivity contribution in [3.63, 3.8) is 0 Å². The first-order valence-corrected chi connectivity index (χ1v) is 8.06. The molecular weight excluding hydrogens is 308 g/mol. The Hall–Kier alpha value is -2.83. The molecule has 1 saturated carbocycles. The molecule has 0 aromatic carbocycles. The molecular formula is C17H18N4O3. The largest absolute Gasteiger partial charge is 0.478 e. The number of fused-ring (bicyclic) bond motifs is 1. The lowest BCUT2D eigenvalue weighted by molar-refractivity contribution is 0.0694. The van der Waals surface area contributed by atoms with Crippen LogP contribution >= 0.6 is 0 Å². The minimum Gasteiger partial charge on any atom is -0.478 e. The molecule has 1 aliphatic heterocycles. The van der Waals surface area contributed by atoms with Gasteiger partial charge in [0.15, 0.2) is 0 Å². The summed E-state index contributed by atoms with van der Waals surface area (Å²) in [6, 6.07) is 3.86. The van der Waals surface area contributed by atoms with Gasteiger partial charge >= 0.3 is 5.97 Å². The third-order valence-corrected chi connectivity index (χ3v) is 4.52. The molecule has 7 heteroatoms.